The van der Waals surface area contributed by atoms with Crippen LogP contribution in [0.5, 0.6) is 0 Å². The van der Waals surface area contributed by atoms with Crippen LogP contribution in [0.15, 0.2) is 18.2 Å². The van der Waals surface area contributed by atoms with Crippen molar-refractivity contribution in [2.24, 2.45) is 0 Å². The summed E-state index contributed by atoms with van der Waals surface area (Å²) in [6.07, 6.45) is 2.59. The Balaban J connectivity index is 2.27. The van der Waals surface area contributed by atoms with Gasteiger partial charge < -0.3 is 0 Å². The molecule has 53 valence electrons. The smallest absolute Gasteiger partial charge is 0.0991 e. The molecular formula is C10H8N. The molecule has 0 bridgehead atoms. The van der Waals surface area contributed by atoms with Crippen molar-refractivity contribution in [1.29, 1.82) is 5.26 Å². The fourth-order valence-corrected chi connectivity index (χ4v) is 1.15. The van der Waals surface area contributed by atoms with E-state index in [2.05, 4.69) is 12.1 Å². The Hall–Kier alpha value is -1.29. The highest BCUT2D eigenvalue weighted by atomic mass is 14.3. The fourth-order valence-electron chi connectivity index (χ4n) is 1.15. The van der Waals surface area contributed by atoms with Crippen molar-refractivity contribution in [2.75, 3.05) is 0 Å². The van der Waals surface area contributed by atoms with E-state index in [1.165, 1.54) is 18.4 Å². The van der Waals surface area contributed by atoms with E-state index in [1.54, 1.807) is 6.07 Å². The molecule has 0 spiro atoms. The molecule has 0 N–H and O–H groups in total. The van der Waals surface area contributed by atoms with Crippen molar-refractivity contribution < 1.29 is 0 Å². The van der Waals surface area contributed by atoms with Gasteiger partial charge in [-0.1, -0.05) is 6.07 Å². The Bertz CT molecular complexity index is 288. The van der Waals surface area contributed by atoms with E-state index in [0.717, 1.165) is 5.92 Å². The summed E-state index contributed by atoms with van der Waals surface area (Å²) >= 11 is 0. The van der Waals surface area contributed by atoms with Gasteiger partial charge in [-0.2, -0.15) is 5.26 Å². The Morgan fingerprint density at radius 1 is 1.45 bits per heavy atom. The molecule has 1 heteroatoms. The predicted molar refractivity (Wildman–Crippen MR) is 42.0 cm³/mol. The molecule has 1 fully saturated rings. The maximum atomic E-state index is 8.51. The molecule has 1 nitrogen and oxygen atoms in total. The molecule has 1 aliphatic carbocycles. The minimum absolute atomic E-state index is 0.703. The maximum Gasteiger partial charge on any atom is 0.0991 e. The highest BCUT2D eigenvalue weighted by Gasteiger charge is 2.22. The number of nitrogens with zero attached hydrogens (tertiary/aromatic N) is 1. The minimum atomic E-state index is 0.703. The van der Waals surface area contributed by atoms with Gasteiger partial charge in [0, 0.05) is 0 Å². The van der Waals surface area contributed by atoms with Crippen LogP contribution in [0.3, 0.4) is 0 Å². The summed E-state index contributed by atoms with van der Waals surface area (Å²) in [6, 6.07) is 10.9. The average molecular weight is 142 g/mol. The van der Waals surface area contributed by atoms with Crippen molar-refractivity contribution >= 4 is 0 Å². The maximum absolute atomic E-state index is 8.51. The second kappa shape index (κ2) is 2.39. The molecule has 2 rings (SSSR count). The van der Waals surface area contributed by atoms with Crippen LogP contribution < -0.4 is 0 Å². The molecule has 0 amide bonds. The Morgan fingerprint density at radius 2 is 2.27 bits per heavy atom. The molecule has 0 atom stereocenters. The van der Waals surface area contributed by atoms with Gasteiger partial charge >= 0.3 is 0 Å². The Kier molecular flexibility index (Phi) is 1.40. The normalized spacial score (nSPS) is 15.9. The standard InChI is InChI=1S/C10H8N/c11-7-8-1-3-9(4-2-8)10-5-6-10/h1-3,10H,5-6H2. The largest absolute Gasteiger partial charge is 0.192 e. The topological polar surface area (TPSA) is 23.8 Å². The number of hydrogen-bond acceptors (Lipinski definition) is 1. The second-order valence-electron chi connectivity index (χ2n) is 2.92. The molecular weight excluding hydrogens is 134 g/mol. The average Bonchev–Trinajstić information content (AvgIpc) is 2.87. The van der Waals surface area contributed by atoms with Gasteiger partial charge in [0.05, 0.1) is 11.6 Å². The van der Waals surface area contributed by atoms with Crippen molar-refractivity contribution in [3.63, 3.8) is 0 Å². The Morgan fingerprint density at radius 3 is 2.73 bits per heavy atom. The molecule has 1 aromatic rings. The third kappa shape index (κ3) is 1.25. The van der Waals surface area contributed by atoms with Gasteiger partial charge in [-0.05, 0) is 42.5 Å². The lowest BCUT2D eigenvalue weighted by molar-refractivity contribution is 1.12. The molecule has 0 aromatic heterocycles. The van der Waals surface area contributed by atoms with Gasteiger partial charge in [0.1, 0.15) is 0 Å². The van der Waals surface area contributed by atoms with Crippen LogP contribution in [0.1, 0.15) is 29.9 Å². The van der Waals surface area contributed by atoms with Crippen molar-refractivity contribution in [3.8, 4) is 6.07 Å². The first kappa shape index (κ1) is 6.42. The number of benzene rings is 1. The van der Waals surface area contributed by atoms with E-state index in [4.69, 9.17) is 5.26 Å². The highest BCUT2D eigenvalue weighted by Crippen LogP contribution is 2.39. The molecule has 0 unspecified atom stereocenters. The molecule has 1 radical (unpaired) electrons. The van der Waals surface area contributed by atoms with E-state index >= 15 is 0 Å². The van der Waals surface area contributed by atoms with E-state index in [1.807, 2.05) is 12.1 Å². The van der Waals surface area contributed by atoms with Crippen LogP contribution >= 0.6 is 0 Å². The van der Waals surface area contributed by atoms with Crippen molar-refractivity contribution in [2.45, 2.75) is 18.8 Å². The van der Waals surface area contributed by atoms with Crippen LogP contribution in [0.2, 0.25) is 0 Å². The zero-order valence-corrected chi connectivity index (χ0v) is 6.17. The fraction of sp³-hybridized carbons (Fsp3) is 0.300. The molecule has 0 saturated heterocycles. The third-order valence-electron chi connectivity index (χ3n) is 1.98. The number of nitriles is 1. The molecule has 1 aliphatic rings. The molecule has 11 heavy (non-hydrogen) atoms. The molecule has 0 heterocycles. The number of hydrogen-bond donors (Lipinski definition) is 0. The van der Waals surface area contributed by atoms with Crippen molar-refractivity contribution in [3.05, 3.63) is 35.4 Å². The third-order valence-corrected chi connectivity index (χ3v) is 1.98. The predicted octanol–water partition coefficient (Wildman–Crippen LogP) is 2.24. The summed E-state index contributed by atoms with van der Waals surface area (Å²) in [6.45, 7) is 0. The van der Waals surface area contributed by atoms with Gasteiger partial charge in [-0.25, -0.2) is 0 Å². The lowest BCUT2D eigenvalue weighted by Gasteiger charge is -1.94. The Labute approximate surface area is 66.3 Å². The summed E-state index contributed by atoms with van der Waals surface area (Å²) in [7, 11) is 0. The first-order chi connectivity index (χ1) is 5.40. The highest BCUT2D eigenvalue weighted by molar-refractivity contribution is 5.33. The summed E-state index contributed by atoms with van der Waals surface area (Å²) in [5, 5.41) is 8.51. The van der Waals surface area contributed by atoms with Crippen LogP contribution in [0.4, 0.5) is 0 Å². The molecule has 1 saturated carbocycles. The van der Waals surface area contributed by atoms with Crippen molar-refractivity contribution in [1.82, 2.24) is 0 Å². The van der Waals surface area contributed by atoms with E-state index in [0.29, 0.717) is 5.56 Å². The zero-order chi connectivity index (χ0) is 7.68. The first-order valence-electron chi connectivity index (χ1n) is 3.82. The summed E-state index contributed by atoms with van der Waals surface area (Å²) in [5.41, 5.74) is 1.97. The summed E-state index contributed by atoms with van der Waals surface area (Å²) in [4.78, 5) is 0. The monoisotopic (exact) mass is 142 g/mol. The second-order valence-corrected chi connectivity index (χ2v) is 2.92. The van der Waals surface area contributed by atoms with Gasteiger partial charge in [0.2, 0.25) is 0 Å². The van der Waals surface area contributed by atoms with Crippen LogP contribution in [-0.4, -0.2) is 0 Å². The zero-order valence-electron chi connectivity index (χ0n) is 6.17. The van der Waals surface area contributed by atoms with Gasteiger partial charge in [0.25, 0.3) is 0 Å². The van der Waals surface area contributed by atoms with Gasteiger partial charge in [-0.15, -0.1) is 0 Å². The molecule has 1 aromatic carbocycles. The quantitative estimate of drug-likeness (QED) is 0.589. The van der Waals surface area contributed by atoms with Gasteiger partial charge in [-0.3, -0.25) is 0 Å². The van der Waals surface area contributed by atoms with Crippen LogP contribution in [0.25, 0.3) is 0 Å². The SMILES string of the molecule is N#Cc1c[c]c(C2CC2)cc1. The van der Waals surface area contributed by atoms with E-state index in [-0.39, 0.29) is 0 Å². The molecule has 0 aliphatic heterocycles. The van der Waals surface area contributed by atoms with Crippen LogP contribution in [0, 0.1) is 17.4 Å². The number of rotatable bonds is 1. The van der Waals surface area contributed by atoms with E-state index < -0.39 is 0 Å². The lowest BCUT2D eigenvalue weighted by atomic mass is 10.1. The van der Waals surface area contributed by atoms with E-state index in [9.17, 15) is 0 Å². The summed E-state index contributed by atoms with van der Waals surface area (Å²) in [5.74, 6) is 0.739. The first-order valence-corrected chi connectivity index (χ1v) is 3.82. The lowest BCUT2D eigenvalue weighted by Crippen LogP contribution is -1.79. The minimum Gasteiger partial charge on any atom is -0.192 e. The summed E-state index contributed by atoms with van der Waals surface area (Å²) < 4.78 is 0. The van der Waals surface area contributed by atoms with Gasteiger partial charge in [0.15, 0.2) is 0 Å². The van der Waals surface area contributed by atoms with Crippen LogP contribution in [-0.2, 0) is 0 Å².